The molecule has 0 radical (unpaired) electrons. The highest BCUT2D eigenvalue weighted by Crippen LogP contribution is 2.17. The Kier molecular flexibility index (Phi) is 4.22. The van der Waals surface area contributed by atoms with Gasteiger partial charge in [-0.15, -0.1) is 0 Å². The Morgan fingerprint density at radius 1 is 1.31 bits per heavy atom. The molecule has 0 saturated heterocycles. The monoisotopic (exact) mass is 225 g/mol. The Hall–Kier alpha value is -1.65. The lowest BCUT2D eigenvalue weighted by molar-refractivity contribution is -0.139. The number of ether oxygens (including phenoxy) is 1. The highest BCUT2D eigenvalue weighted by Gasteiger charge is 2.22. The SMILES string of the molecule is CCc1noc(CC)c1C(=O)CC(=O)OC. The van der Waals surface area contributed by atoms with Crippen LogP contribution in [0, 0.1) is 0 Å². The number of ketones is 1. The van der Waals surface area contributed by atoms with Gasteiger partial charge in [-0.1, -0.05) is 19.0 Å². The number of esters is 1. The minimum absolute atomic E-state index is 0.266. The number of hydrogen-bond acceptors (Lipinski definition) is 5. The van der Waals surface area contributed by atoms with Crippen molar-refractivity contribution < 1.29 is 18.8 Å². The molecular weight excluding hydrogens is 210 g/mol. The number of aromatic nitrogens is 1. The molecule has 16 heavy (non-hydrogen) atoms. The van der Waals surface area contributed by atoms with Crippen LogP contribution in [0.2, 0.25) is 0 Å². The zero-order valence-corrected chi connectivity index (χ0v) is 9.70. The number of methoxy groups -OCH3 is 1. The number of rotatable bonds is 5. The lowest BCUT2D eigenvalue weighted by Crippen LogP contribution is -2.12. The molecule has 1 aromatic heterocycles. The second-order valence-corrected chi connectivity index (χ2v) is 3.31. The Bertz CT molecular complexity index is 373. The van der Waals surface area contributed by atoms with Gasteiger partial charge >= 0.3 is 5.97 Å². The van der Waals surface area contributed by atoms with Crippen LogP contribution >= 0.6 is 0 Å². The Labute approximate surface area is 93.8 Å². The average Bonchev–Trinajstić information content (AvgIpc) is 2.71. The molecule has 0 unspecified atom stereocenters. The molecule has 5 heteroatoms. The van der Waals surface area contributed by atoms with Crippen LogP contribution < -0.4 is 0 Å². The van der Waals surface area contributed by atoms with Gasteiger partial charge < -0.3 is 9.26 Å². The summed E-state index contributed by atoms with van der Waals surface area (Å²) in [5, 5.41) is 3.81. The van der Waals surface area contributed by atoms with Gasteiger partial charge in [0.25, 0.3) is 0 Å². The van der Waals surface area contributed by atoms with E-state index < -0.39 is 5.97 Å². The van der Waals surface area contributed by atoms with Crippen LogP contribution in [0.1, 0.15) is 42.1 Å². The van der Waals surface area contributed by atoms with Gasteiger partial charge in [-0.2, -0.15) is 0 Å². The molecule has 0 aliphatic heterocycles. The van der Waals surface area contributed by atoms with E-state index in [-0.39, 0.29) is 12.2 Å². The molecule has 1 aromatic rings. The van der Waals surface area contributed by atoms with E-state index in [0.717, 1.165) is 0 Å². The summed E-state index contributed by atoms with van der Waals surface area (Å²) in [4.78, 5) is 22.9. The van der Waals surface area contributed by atoms with Crippen molar-refractivity contribution in [3.63, 3.8) is 0 Å². The minimum atomic E-state index is -0.546. The second-order valence-electron chi connectivity index (χ2n) is 3.31. The Morgan fingerprint density at radius 3 is 2.50 bits per heavy atom. The van der Waals surface area contributed by atoms with Gasteiger partial charge in [0.1, 0.15) is 12.2 Å². The van der Waals surface area contributed by atoms with Crippen LogP contribution in [0.5, 0.6) is 0 Å². The van der Waals surface area contributed by atoms with Gasteiger partial charge in [-0.05, 0) is 6.42 Å². The van der Waals surface area contributed by atoms with E-state index in [1.807, 2.05) is 13.8 Å². The van der Waals surface area contributed by atoms with Crippen molar-refractivity contribution >= 4 is 11.8 Å². The predicted octanol–water partition coefficient (Wildman–Crippen LogP) is 1.55. The number of nitrogens with zero attached hydrogens (tertiary/aromatic N) is 1. The summed E-state index contributed by atoms with van der Waals surface area (Å²) in [5.41, 5.74) is 1.04. The summed E-state index contributed by atoms with van der Waals surface area (Å²) in [7, 11) is 1.25. The Morgan fingerprint density at radius 2 is 2.00 bits per heavy atom. The first-order valence-corrected chi connectivity index (χ1v) is 5.21. The molecule has 0 fully saturated rings. The maximum atomic E-state index is 11.8. The van der Waals surface area contributed by atoms with Crippen molar-refractivity contribution in [2.75, 3.05) is 7.11 Å². The zero-order chi connectivity index (χ0) is 12.1. The summed E-state index contributed by atoms with van der Waals surface area (Å²) < 4.78 is 9.50. The van der Waals surface area contributed by atoms with Gasteiger partial charge in [-0.25, -0.2) is 0 Å². The van der Waals surface area contributed by atoms with Crippen LogP contribution in [0.25, 0.3) is 0 Å². The topological polar surface area (TPSA) is 69.4 Å². The van der Waals surface area contributed by atoms with Crippen molar-refractivity contribution in [2.45, 2.75) is 33.1 Å². The highest BCUT2D eigenvalue weighted by molar-refractivity contribution is 6.07. The normalized spacial score (nSPS) is 10.2. The molecule has 1 rings (SSSR count). The van der Waals surface area contributed by atoms with Gasteiger partial charge in [0, 0.05) is 6.42 Å². The first-order chi connectivity index (χ1) is 7.63. The maximum absolute atomic E-state index is 11.8. The molecule has 5 nitrogen and oxygen atoms in total. The van der Waals surface area contributed by atoms with E-state index in [1.165, 1.54) is 7.11 Å². The van der Waals surface area contributed by atoms with Crippen molar-refractivity contribution in [3.8, 4) is 0 Å². The van der Waals surface area contributed by atoms with E-state index >= 15 is 0 Å². The number of Topliss-reactive ketones (excluding diaryl/α,β-unsaturated/α-hetero) is 1. The van der Waals surface area contributed by atoms with Crippen LogP contribution in [0.3, 0.4) is 0 Å². The van der Waals surface area contributed by atoms with Crippen LogP contribution in [-0.2, 0) is 22.4 Å². The fourth-order valence-corrected chi connectivity index (χ4v) is 1.45. The molecule has 0 aliphatic carbocycles. The summed E-state index contributed by atoms with van der Waals surface area (Å²) >= 11 is 0. The third kappa shape index (κ3) is 2.48. The quantitative estimate of drug-likeness (QED) is 0.432. The largest absolute Gasteiger partial charge is 0.469 e. The molecule has 0 aromatic carbocycles. The molecule has 88 valence electrons. The van der Waals surface area contributed by atoms with Crippen molar-refractivity contribution in [2.24, 2.45) is 0 Å². The number of hydrogen-bond donors (Lipinski definition) is 0. The summed E-state index contributed by atoms with van der Waals surface area (Å²) in [6.07, 6.45) is 0.915. The molecule has 0 saturated carbocycles. The van der Waals surface area contributed by atoms with E-state index in [4.69, 9.17) is 4.52 Å². The minimum Gasteiger partial charge on any atom is -0.469 e. The average molecular weight is 225 g/mol. The predicted molar refractivity (Wildman–Crippen MR) is 56.2 cm³/mol. The molecule has 0 spiro atoms. The molecule has 0 atom stereocenters. The number of carbonyl (C=O) groups excluding carboxylic acids is 2. The summed E-state index contributed by atoms with van der Waals surface area (Å²) in [6.45, 7) is 3.75. The van der Waals surface area contributed by atoms with Crippen LogP contribution in [-0.4, -0.2) is 24.0 Å². The highest BCUT2D eigenvalue weighted by atomic mass is 16.5. The van der Waals surface area contributed by atoms with E-state index in [9.17, 15) is 9.59 Å². The second kappa shape index (κ2) is 5.44. The molecule has 0 amide bonds. The third-order valence-corrected chi connectivity index (χ3v) is 2.30. The van der Waals surface area contributed by atoms with Gasteiger partial charge in [0.2, 0.25) is 0 Å². The van der Waals surface area contributed by atoms with Crippen molar-refractivity contribution in [1.82, 2.24) is 5.16 Å². The standard InChI is InChI=1S/C11H15NO4/c1-4-7-11(9(5-2)16-12-7)8(13)6-10(14)15-3/h4-6H2,1-3H3. The van der Waals surface area contributed by atoms with Crippen molar-refractivity contribution in [1.29, 1.82) is 0 Å². The molecule has 0 aliphatic rings. The summed E-state index contributed by atoms with van der Waals surface area (Å²) in [6, 6.07) is 0. The van der Waals surface area contributed by atoms with E-state index in [1.54, 1.807) is 0 Å². The number of aryl methyl sites for hydroxylation is 2. The van der Waals surface area contributed by atoms with E-state index in [2.05, 4.69) is 9.89 Å². The fraction of sp³-hybridized carbons (Fsp3) is 0.545. The first-order valence-electron chi connectivity index (χ1n) is 5.21. The maximum Gasteiger partial charge on any atom is 0.313 e. The Balaban J connectivity index is 2.96. The lowest BCUT2D eigenvalue weighted by atomic mass is 10.0. The molecule has 1 heterocycles. The smallest absolute Gasteiger partial charge is 0.313 e. The third-order valence-electron chi connectivity index (χ3n) is 2.30. The molecular formula is C11H15NO4. The summed E-state index contributed by atoms with van der Waals surface area (Å²) in [5.74, 6) is -0.303. The van der Waals surface area contributed by atoms with Crippen molar-refractivity contribution in [3.05, 3.63) is 17.0 Å². The molecule has 0 N–H and O–H groups in total. The van der Waals surface area contributed by atoms with E-state index in [0.29, 0.717) is 29.9 Å². The fourth-order valence-electron chi connectivity index (χ4n) is 1.45. The van der Waals surface area contributed by atoms with Gasteiger partial charge in [0.15, 0.2) is 5.78 Å². The number of carbonyl (C=O) groups is 2. The molecule has 0 bridgehead atoms. The van der Waals surface area contributed by atoms with Crippen LogP contribution in [0.4, 0.5) is 0 Å². The van der Waals surface area contributed by atoms with Crippen LogP contribution in [0.15, 0.2) is 4.52 Å². The first kappa shape index (κ1) is 12.4. The van der Waals surface area contributed by atoms with Gasteiger partial charge in [-0.3, -0.25) is 9.59 Å². The van der Waals surface area contributed by atoms with Gasteiger partial charge in [0.05, 0.1) is 18.4 Å². The lowest BCUT2D eigenvalue weighted by Gasteiger charge is -2.00. The zero-order valence-electron chi connectivity index (χ0n) is 9.70.